The molecule has 1 aromatic rings. The van der Waals surface area contributed by atoms with Gasteiger partial charge in [0.05, 0.1) is 5.69 Å². The summed E-state index contributed by atoms with van der Waals surface area (Å²) in [7, 11) is 0. The Labute approximate surface area is 107 Å². The predicted octanol–water partition coefficient (Wildman–Crippen LogP) is 2.48. The lowest BCUT2D eigenvalue weighted by Crippen LogP contribution is -2.17. The number of aromatic nitrogens is 1. The summed E-state index contributed by atoms with van der Waals surface area (Å²) in [6.45, 7) is 4.27. The van der Waals surface area contributed by atoms with Crippen molar-refractivity contribution < 1.29 is 0 Å². The van der Waals surface area contributed by atoms with Crippen LogP contribution in [0.1, 0.15) is 26.0 Å². The Morgan fingerprint density at radius 3 is 3.00 bits per heavy atom. The zero-order chi connectivity index (χ0) is 12.7. The molecule has 0 aliphatic rings. The Hall–Kier alpha value is -1.41. The first-order chi connectivity index (χ1) is 8.17. The number of nitrogens with zero attached hydrogens (tertiary/aromatic N) is 2. The lowest BCUT2D eigenvalue weighted by molar-refractivity contribution is 0.766. The number of anilines is 2. The molecule has 1 heterocycles. The first-order valence-electron chi connectivity index (χ1n) is 5.68. The van der Waals surface area contributed by atoms with Gasteiger partial charge < -0.3 is 11.1 Å². The van der Waals surface area contributed by atoms with Crippen LogP contribution < -0.4 is 11.1 Å². The molecule has 92 valence electrons. The van der Waals surface area contributed by atoms with Crippen LogP contribution in [0.3, 0.4) is 0 Å². The highest BCUT2D eigenvalue weighted by molar-refractivity contribution is 7.99. The van der Waals surface area contributed by atoms with Crippen molar-refractivity contribution in [3.05, 3.63) is 17.8 Å². The monoisotopic (exact) mass is 250 g/mol. The van der Waals surface area contributed by atoms with Crippen molar-refractivity contribution >= 4 is 23.3 Å². The Bertz CT molecular complexity index is 400. The van der Waals surface area contributed by atoms with Crippen molar-refractivity contribution in [1.82, 2.24) is 4.98 Å². The van der Waals surface area contributed by atoms with Crippen LogP contribution in [0.4, 0.5) is 11.5 Å². The second-order valence-corrected chi connectivity index (χ2v) is 5.17. The molecule has 4 nitrogen and oxygen atoms in total. The molecule has 0 amide bonds. The number of pyridine rings is 1. The van der Waals surface area contributed by atoms with Gasteiger partial charge in [0.1, 0.15) is 11.9 Å². The van der Waals surface area contributed by atoms with E-state index in [2.05, 4.69) is 24.1 Å². The lowest BCUT2D eigenvalue weighted by atomic mass is 10.2. The Balaban J connectivity index is 2.54. The van der Waals surface area contributed by atoms with Crippen LogP contribution in [0.15, 0.2) is 12.1 Å². The Morgan fingerprint density at radius 1 is 1.59 bits per heavy atom. The molecule has 0 spiro atoms. The summed E-state index contributed by atoms with van der Waals surface area (Å²) < 4.78 is 0. The average molecular weight is 250 g/mol. The largest absolute Gasteiger partial charge is 0.396 e. The zero-order valence-electron chi connectivity index (χ0n) is 10.2. The van der Waals surface area contributed by atoms with Crippen LogP contribution in [0, 0.1) is 11.3 Å². The molecule has 1 atom stereocenters. The van der Waals surface area contributed by atoms with E-state index in [9.17, 15) is 0 Å². The quantitative estimate of drug-likeness (QED) is 0.759. The number of nitrogens with two attached hydrogens (primary N) is 1. The summed E-state index contributed by atoms with van der Waals surface area (Å²) in [6, 6.07) is 5.84. The molecule has 5 heteroatoms. The van der Waals surface area contributed by atoms with E-state index in [4.69, 9.17) is 11.0 Å². The maximum atomic E-state index is 8.83. The van der Waals surface area contributed by atoms with Crippen LogP contribution in [0.25, 0.3) is 0 Å². The molecule has 0 aliphatic carbocycles. The van der Waals surface area contributed by atoms with Gasteiger partial charge in [-0.05, 0) is 37.0 Å². The number of nitriles is 1. The van der Waals surface area contributed by atoms with Gasteiger partial charge in [-0.1, -0.05) is 6.92 Å². The van der Waals surface area contributed by atoms with Crippen molar-refractivity contribution in [1.29, 1.82) is 5.26 Å². The molecule has 3 N–H and O–H groups in total. The number of hydrogen-bond acceptors (Lipinski definition) is 5. The van der Waals surface area contributed by atoms with Crippen LogP contribution in [0.5, 0.6) is 0 Å². The summed E-state index contributed by atoms with van der Waals surface area (Å²) in [5.74, 6) is 2.99. The summed E-state index contributed by atoms with van der Waals surface area (Å²) in [4.78, 5) is 4.15. The van der Waals surface area contributed by atoms with E-state index in [1.165, 1.54) is 0 Å². The molecule has 0 saturated heterocycles. The third-order valence-electron chi connectivity index (χ3n) is 2.33. The highest BCUT2D eigenvalue weighted by Crippen LogP contribution is 2.14. The van der Waals surface area contributed by atoms with Gasteiger partial charge in [0.15, 0.2) is 5.69 Å². The predicted molar refractivity (Wildman–Crippen MR) is 74.1 cm³/mol. The average Bonchev–Trinajstić information content (AvgIpc) is 2.32. The second kappa shape index (κ2) is 7.02. The minimum Gasteiger partial charge on any atom is -0.396 e. The number of thioether (sulfide) groups is 1. The molecule has 17 heavy (non-hydrogen) atoms. The van der Waals surface area contributed by atoms with E-state index in [0.29, 0.717) is 17.5 Å². The molecule has 1 unspecified atom stereocenters. The van der Waals surface area contributed by atoms with E-state index in [1.807, 2.05) is 17.8 Å². The fourth-order valence-corrected chi connectivity index (χ4v) is 2.18. The van der Waals surface area contributed by atoms with Crippen LogP contribution in [0.2, 0.25) is 0 Å². The molecule has 1 aromatic heterocycles. The third-order valence-corrected chi connectivity index (χ3v) is 3.26. The minimum atomic E-state index is 0.283. The van der Waals surface area contributed by atoms with Crippen LogP contribution in [-0.4, -0.2) is 22.5 Å². The van der Waals surface area contributed by atoms with Gasteiger partial charge in [-0.2, -0.15) is 17.0 Å². The van der Waals surface area contributed by atoms with Gasteiger partial charge in [0, 0.05) is 6.04 Å². The van der Waals surface area contributed by atoms with Crippen LogP contribution in [-0.2, 0) is 0 Å². The van der Waals surface area contributed by atoms with E-state index < -0.39 is 0 Å². The molecule has 0 radical (unpaired) electrons. The van der Waals surface area contributed by atoms with Gasteiger partial charge in [-0.25, -0.2) is 4.98 Å². The standard InChI is InChI=1S/C12H18N4S/c1-3-17-7-6-9(2)15-12-5-4-10(14)11(8-13)16-12/h4-5,9H,3,6-7,14H2,1-2H3,(H,15,16). The molecule has 0 bridgehead atoms. The highest BCUT2D eigenvalue weighted by Gasteiger charge is 2.05. The third kappa shape index (κ3) is 4.53. The Morgan fingerprint density at radius 2 is 2.35 bits per heavy atom. The van der Waals surface area contributed by atoms with Gasteiger partial charge in [0.25, 0.3) is 0 Å². The van der Waals surface area contributed by atoms with Crippen molar-refractivity contribution in [2.75, 3.05) is 22.6 Å². The first-order valence-corrected chi connectivity index (χ1v) is 6.83. The summed E-state index contributed by atoms with van der Waals surface area (Å²) in [5.41, 5.74) is 6.32. The summed E-state index contributed by atoms with van der Waals surface area (Å²) in [6.07, 6.45) is 1.08. The summed E-state index contributed by atoms with van der Waals surface area (Å²) in [5, 5.41) is 12.1. The number of nitrogen functional groups attached to an aromatic ring is 1. The van der Waals surface area contributed by atoms with Gasteiger partial charge in [0.2, 0.25) is 0 Å². The molecule has 1 rings (SSSR count). The zero-order valence-corrected chi connectivity index (χ0v) is 11.0. The lowest BCUT2D eigenvalue weighted by Gasteiger charge is -2.14. The Kier molecular flexibility index (Phi) is 5.64. The normalized spacial score (nSPS) is 11.8. The maximum Gasteiger partial charge on any atom is 0.165 e. The van der Waals surface area contributed by atoms with Crippen molar-refractivity contribution in [3.63, 3.8) is 0 Å². The molecule has 0 aliphatic heterocycles. The molecule has 0 fully saturated rings. The smallest absolute Gasteiger partial charge is 0.165 e. The van der Waals surface area contributed by atoms with Crippen molar-refractivity contribution in [2.24, 2.45) is 0 Å². The SMILES string of the molecule is CCSCCC(C)Nc1ccc(N)c(C#N)n1. The van der Waals surface area contributed by atoms with E-state index in [-0.39, 0.29) is 5.69 Å². The molecule has 0 saturated carbocycles. The van der Waals surface area contributed by atoms with E-state index in [1.54, 1.807) is 12.1 Å². The number of rotatable bonds is 6. The van der Waals surface area contributed by atoms with E-state index in [0.717, 1.165) is 17.9 Å². The van der Waals surface area contributed by atoms with Gasteiger partial charge in [-0.15, -0.1) is 0 Å². The van der Waals surface area contributed by atoms with E-state index >= 15 is 0 Å². The first kappa shape index (κ1) is 13.7. The van der Waals surface area contributed by atoms with Crippen molar-refractivity contribution in [3.8, 4) is 6.07 Å². The molecular weight excluding hydrogens is 232 g/mol. The minimum absolute atomic E-state index is 0.283. The molecular formula is C12H18N4S. The summed E-state index contributed by atoms with van der Waals surface area (Å²) >= 11 is 1.92. The topological polar surface area (TPSA) is 74.7 Å². The highest BCUT2D eigenvalue weighted by atomic mass is 32.2. The second-order valence-electron chi connectivity index (χ2n) is 3.78. The number of hydrogen-bond donors (Lipinski definition) is 2. The maximum absolute atomic E-state index is 8.83. The van der Waals surface area contributed by atoms with Crippen LogP contribution >= 0.6 is 11.8 Å². The molecule has 0 aromatic carbocycles. The fourth-order valence-electron chi connectivity index (χ4n) is 1.37. The van der Waals surface area contributed by atoms with Crippen molar-refractivity contribution in [2.45, 2.75) is 26.3 Å². The number of nitrogens with one attached hydrogen (secondary N) is 1. The van der Waals surface area contributed by atoms with Gasteiger partial charge >= 0.3 is 0 Å². The van der Waals surface area contributed by atoms with Gasteiger partial charge in [-0.3, -0.25) is 0 Å². The fraction of sp³-hybridized carbons (Fsp3) is 0.500.